The number of rotatable bonds is 2. The van der Waals surface area contributed by atoms with Gasteiger partial charge in [-0.3, -0.25) is 4.79 Å². The average Bonchev–Trinajstić information content (AvgIpc) is 2.51. The number of thiophene rings is 1. The third kappa shape index (κ3) is 1.97. The van der Waals surface area contributed by atoms with Crippen LogP contribution in [-0.2, 0) is 4.79 Å². The van der Waals surface area contributed by atoms with Crippen LogP contribution in [0, 0.1) is 11.3 Å². The van der Waals surface area contributed by atoms with Crippen molar-refractivity contribution in [2.75, 3.05) is 11.2 Å². The van der Waals surface area contributed by atoms with Crippen molar-refractivity contribution in [2.24, 2.45) is 0 Å². The molecule has 0 fully saturated rings. The van der Waals surface area contributed by atoms with Crippen LogP contribution >= 0.6 is 22.9 Å². The van der Waals surface area contributed by atoms with Crippen molar-refractivity contribution in [1.29, 1.82) is 5.26 Å². The van der Waals surface area contributed by atoms with Gasteiger partial charge in [0, 0.05) is 0 Å². The highest BCUT2D eigenvalue weighted by molar-refractivity contribution is 7.14. The Bertz CT molecular complexity index is 328. The summed E-state index contributed by atoms with van der Waals surface area (Å²) in [5, 5.41) is 13.4. The highest BCUT2D eigenvalue weighted by Crippen LogP contribution is 2.21. The smallest absolute Gasteiger partial charge is 0.239 e. The molecular formula is C7H5ClN2OS. The van der Waals surface area contributed by atoms with Crippen molar-refractivity contribution >= 4 is 33.8 Å². The molecule has 0 aliphatic carbocycles. The summed E-state index contributed by atoms with van der Waals surface area (Å²) in [7, 11) is 0. The zero-order valence-corrected chi connectivity index (χ0v) is 7.58. The fraction of sp³-hybridized carbons (Fsp3) is 0.143. The summed E-state index contributed by atoms with van der Waals surface area (Å²) in [5.74, 6) is -0.390. The third-order valence-corrected chi connectivity index (χ3v) is 2.23. The Morgan fingerprint density at radius 1 is 1.83 bits per heavy atom. The van der Waals surface area contributed by atoms with Crippen LogP contribution in [0.2, 0.25) is 0 Å². The van der Waals surface area contributed by atoms with Gasteiger partial charge in [-0.15, -0.1) is 22.9 Å². The van der Waals surface area contributed by atoms with Gasteiger partial charge in [-0.1, -0.05) is 0 Å². The van der Waals surface area contributed by atoms with E-state index in [-0.39, 0.29) is 11.8 Å². The molecule has 1 aromatic rings. The van der Waals surface area contributed by atoms with Gasteiger partial charge >= 0.3 is 0 Å². The first-order valence-corrected chi connectivity index (χ1v) is 4.52. The van der Waals surface area contributed by atoms with Crippen molar-refractivity contribution in [2.45, 2.75) is 0 Å². The molecule has 0 spiro atoms. The summed E-state index contributed by atoms with van der Waals surface area (Å²) < 4.78 is 0. The van der Waals surface area contributed by atoms with Crippen LogP contribution in [0.25, 0.3) is 0 Å². The van der Waals surface area contributed by atoms with E-state index in [4.69, 9.17) is 16.9 Å². The number of carbonyl (C=O) groups excluding carboxylic acids is 1. The van der Waals surface area contributed by atoms with Crippen LogP contribution < -0.4 is 5.32 Å². The Morgan fingerprint density at radius 2 is 2.58 bits per heavy atom. The summed E-state index contributed by atoms with van der Waals surface area (Å²) in [6.45, 7) is 0. The molecule has 1 heterocycles. The largest absolute Gasteiger partial charge is 0.316 e. The van der Waals surface area contributed by atoms with Crippen molar-refractivity contribution in [1.82, 2.24) is 0 Å². The molecule has 0 bridgehead atoms. The van der Waals surface area contributed by atoms with Crippen molar-refractivity contribution in [3.63, 3.8) is 0 Å². The standard InChI is InChI=1S/C7H5ClN2OS/c8-3-6(11)10-7-5(4-9)1-2-12-7/h1-2H,3H2,(H,10,11). The van der Waals surface area contributed by atoms with Crippen molar-refractivity contribution < 1.29 is 4.79 Å². The molecule has 1 amide bonds. The number of alkyl halides is 1. The lowest BCUT2D eigenvalue weighted by Crippen LogP contribution is -2.12. The molecule has 0 aliphatic rings. The summed E-state index contributed by atoms with van der Waals surface area (Å²) in [4.78, 5) is 10.8. The number of hydrogen-bond donors (Lipinski definition) is 1. The number of amides is 1. The predicted molar refractivity (Wildman–Crippen MR) is 48.4 cm³/mol. The molecule has 0 saturated heterocycles. The summed E-state index contributed by atoms with van der Waals surface area (Å²) in [6.07, 6.45) is 0. The molecule has 3 nitrogen and oxygen atoms in total. The number of halogens is 1. The van der Waals surface area contributed by atoms with Gasteiger partial charge in [-0.05, 0) is 11.4 Å². The molecule has 0 aromatic carbocycles. The minimum absolute atomic E-state index is 0.0945. The predicted octanol–water partition coefficient (Wildman–Crippen LogP) is 1.80. The number of nitrogens with one attached hydrogen (secondary N) is 1. The number of nitrogens with zero attached hydrogens (tertiary/aromatic N) is 1. The minimum Gasteiger partial charge on any atom is -0.316 e. The van der Waals surface area contributed by atoms with Gasteiger partial charge in [0.25, 0.3) is 0 Å². The molecule has 0 aliphatic heterocycles. The first-order valence-electron chi connectivity index (χ1n) is 3.11. The fourth-order valence-electron chi connectivity index (χ4n) is 0.654. The van der Waals surface area contributed by atoms with E-state index in [0.717, 1.165) is 0 Å². The Balaban J connectivity index is 2.76. The molecule has 0 saturated carbocycles. The maximum absolute atomic E-state index is 10.8. The first-order chi connectivity index (χ1) is 5.77. The number of hydrogen-bond acceptors (Lipinski definition) is 3. The second kappa shape index (κ2) is 4.10. The normalized spacial score (nSPS) is 9.00. The first kappa shape index (κ1) is 9.04. The van der Waals surface area contributed by atoms with Gasteiger partial charge in [0.05, 0.1) is 5.56 Å². The molecule has 0 unspecified atom stereocenters. The second-order valence-electron chi connectivity index (χ2n) is 1.96. The van der Waals surface area contributed by atoms with Crippen molar-refractivity contribution in [3.05, 3.63) is 17.0 Å². The maximum atomic E-state index is 10.8. The Labute approximate surface area is 78.6 Å². The van der Waals surface area contributed by atoms with Gasteiger partial charge in [0.2, 0.25) is 5.91 Å². The summed E-state index contributed by atoms with van der Waals surface area (Å²) in [6, 6.07) is 3.60. The van der Waals surface area contributed by atoms with Crippen LogP contribution in [0.3, 0.4) is 0 Å². The second-order valence-corrected chi connectivity index (χ2v) is 3.14. The lowest BCUT2D eigenvalue weighted by molar-refractivity contribution is -0.113. The quantitative estimate of drug-likeness (QED) is 0.741. The van der Waals surface area contributed by atoms with Gasteiger partial charge in [-0.2, -0.15) is 5.26 Å². The summed E-state index contributed by atoms with van der Waals surface area (Å²) >= 11 is 6.58. The zero-order valence-electron chi connectivity index (χ0n) is 6.00. The van der Waals surface area contributed by atoms with E-state index in [0.29, 0.717) is 10.6 Å². The van der Waals surface area contributed by atoms with Crippen LogP contribution in [0.4, 0.5) is 5.00 Å². The number of anilines is 1. The number of carbonyl (C=O) groups is 1. The van der Waals surface area contributed by atoms with E-state index in [1.165, 1.54) is 11.3 Å². The Morgan fingerprint density at radius 3 is 3.17 bits per heavy atom. The average molecular weight is 201 g/mol. The molecular weight excluding hydrogens is 196 g/mol. The zero-order chi connectivity index (χ0) is 8.97. The lowest BCUT2D eigenvalue weighted by atomic mass is 10.3. The third-order valence-electron chi connectivity index (χ3n) is 1.16. The highest BCUT2D eigenvalue weighted by atomic mass is 35.5. The van der Waals surface area contributed by atoms with Gasteiger partial charge in [0.1, 0.15) is 17.0 Å². The van der Waals surface area contributed by atoms with Crippen LogP contribution in [0.15, 0.2) is 11.4 Å². The maximum Gasteiger partial charge on any atom is 0.239 e. The molecule has 1 aromatic heterocycles. The monoisotopic (exact) mass is 200 g/mol. The fourth-order valence-corrected chi connectivity index (χ4v) is 1.47. The van der Waals surface area contributed by atoms with Crippen LogP contribution in [0.1, 0.15) is 5.56 Å². The topological polar surface area (TPSA) is 52.9 Å². The lowest BCUT2D eigenvalue weighted by Gasteiger charge is -1.97. The molecule has 1 rings (SSSR count). The molecule has 1 N–H and O–H groups in total. The van der Waals surface area contributed by atoms with E-state index in [9.17, 15) is 4.79 Å². The van der Waals surface area contributed by atoms with Gasteiger partial charge in [0.15, 0.2) is 0 Å². The highest BCUT2D eigenvalue weighted by Gasteiger charge is 2.05. The van der Waals surface area contributed by atoms with Gasteiger partial charge < -0.3 is 5.32 Å². The molecule has 0 atom stereocenters. The molecule has 0 radical (unpaired) electrons. The molecule has 62 valence electrons. The van der Waals surface area contributed by atoms with E-state index in [2.05, 4.69) is 5.32 Å². The van der Waals surface area contributed by atoms with E-state index >= 15 is 0 Å². The van der Waals surface area contributed by atoms with Crippen LogP contribution in [-0.4, -0.2) is 11.8 Å². The minimum atomic E-state index is -0.296. The SMILES string of the molecule is N#Cc1ccsc1NC(=O)CCl. The van der Waals surface area contributed by atoms with Crippen LogP contribution in [0.5, 0.6) is 0 Å². The van der Waals surface area contributed by atoms with E-state index in [1.807, 2.05) is 6.07 Å². The van der Waals surface area contributed by atoms with E-state index in [1.54, 1.807) is 11.4 Å². The van der Waals surface area contributed by atoms with Crippen molar-refractivity contribution in [3.8, 4) is 6.07 Å². The van der Waals surface area contributed by atoms with Gasteiger partial charge in [-0.25, -0.2) is 0 Å². The Hall–Kier alpha value is -1.05. The molecule has 12 heavy (non-hydrogen) atoms. The number of nitriles is 1. The Kier molecular flexibility index (Phi) is 3.09. The molecule has 5 heteroatoms. The summed E-state index contributed by atoms with van der Waals surface area (Å²) in [5.41, 5.74) is 0.471. The van der Waals surface area contributed by atoms with E-state index < -0.39 is 0 Å².